The zero-order chi connectivity index (χ0) is 20.8. The Morgan fingerprint density at radius 3 is 2.69 bits per heavy atom. The van der Waals surface area contributed by atoms with Crippen LogP contribution in [0.1, 0.15) is 43.0 Å². The fourth-order valence-corrected chi connectivity index (χ4v) is 3.26. The Balaban J connectivity index is 1.61. The van der Waals surface area contributed by atoms with Gasteiger partial charge < -0.3 is 15.4 Å². The largest absolute Gasteiger partial charge is 0.459 e. The Hall–Kier alpha value is -3.50. The van der Waals surface area contributed by atoms with Crippen LogP contribution in [0.5, 0.6) is 0 Å². The number of hydrogen-bond acceptors (Lipinski definition) is 7. The van der Waals surface area contributed by atoms with Crippen LogP contribution in [0.2, 0.25) is 0 Å². The highest BCUT2D eigenvalue weighted by Gasteiger charge is 2.26. The van der Waals surface area contributed by atoms with E-state index in [1.807, 2.05) is 6.92 Å². The van der Waals surface area contributed by atoms with Crippen molar-refractivity contribution < 1.29 is 19.2 Å². The van der Waals surface area contributed by atoms with Crippen molar-refractivity contribution in [3.63, 3.8) is 0 Å². The molecule has 1 aromatic heterocycles. The minimum absolute atomic E-state index is 0.0413. The maximum atomic E-state index is 12.5. The number of nitro groups is 1. The standard InChI is InChI=1S/C18H22N6O5/c1-2-20-18(26)22-13-4-6-14(7-5-13)29-17(25)12-3-8-15(16(9-12)24(27)28)23-11-19-10-21-23/h3,8-11,13-14H,2,4-7H2,1H3,(H2,20,22,26). The van der Waals surface area contributed by atoms with Crippen molar-refractivity contribution in [1.29, 1.82) is 0 Å². The van der Waals surface area contributed by atoms with Gasteiger partial charge in [0.15, 0.2) is 0 Å². The average Bonchev–Trinajstić information content (AvgIpc) is 3.24. The zero-order valence-corrected chi connectivity index (χ0v) is 15.9. The van der Waals surface area contributed by atoms with Crippen LogP contribution in [-0.4, -0.2) is 50.4 Å². The number of amides is 2. The van der Waals surface area contributed by atoms with Crippen LogP contribution in [-0.2, 0) is 4.74 Å². The number of esters is 1. The molecule has 0 saturated heterocycles. The minimum Gasteiger partial charge on any atom is -0.459 e. The highest BCUT2D eigenvalue weighted by molar-refractivity contribution is 5.91. The van der Waals surface area contributed by atoms with Gasteiger partial charge >= 0.3 is 12.0 Å². The third kappa shape index (κ3) is 5.06. The number of nitrogens with one attached hydrogen (secondary N) is 2. The summed E-state index contributed by atoms with van der Waals surface area (Å²) >= 11 is 0. The summed E-state index contributed by atoms with van der Waals surface area (Å²) in [5.41, 5.74) is 0.0453. The molecular weight excluding hydrogens is 380 g/mol. The second-order valence-electron chi connectivity index (χ2n) is 6.68. The Labute approximate surface area is 166 Å². The van der Waals surface area contributed by atoms with Gasteiger partial charge in [0.25, 0.3) is 5.69 Å². The average molecular weight is 402 g/mol. The topological polar surface area (TPSA) is 141 Å². The molecule has 1 heterocycles. The quantitative estimate of drug-likeness (QED) is 0.427. The first-order valence-corrected chi connectivity index (χ1v) is 9.36. The van der Waals surface area contributed by atoms with Crippen LogP contribution in [0, 0.1) is 10.1 Å². The van der Waals surface area contributed by atoms with E-state index in [9.17, 15) is 19.7 Å². The van der Waals surface area contributed by atoms with E-state index >= 15 is 0 Å². The van der Waals surface area contributed by atoms with Gasteiger partial charge in [-0.25, -0.2) is 19.3 Å². The summed E-state index contributed by atoms with van der Waals surface area (Å²) < 4.78 is 6.78. The van der Waals surface area contributed by atoms with Gasteiger partial charge in [-0.3, -0.25) is 10.1 Å². The molecular formula is C18H22N6O5. The number of benzene rings is 1. The van der Waals surface area contributed by atoms with Gasteiger partial charge in [0.1, 0.15) is 24.4 Å². The Bertz CT molecular complexity index is 877. The minimum atomic E-state index is -0.613. The lowest BCUT2D eigenvalue weighted by atomic mass is 9.93. The second-order valence-corrected chi connectivity index (χ2v) is 6.68. The predicted molar refractivity (Wildman–Crippen MR) is 102 cm³/mol. The molecule has 0 aliphatic heterocycles. The molecule has 1 fully saturated rings. The van der Waals surface area contributed by atoms with E-state index in [0.717, 1.165) is 0 Å². The number of carbonyl (C=O) groups is 2. The number of nitrogens with zero attached hydrogens (tertiary/aromatic N) is 4. The number of carbonyl (C=O) groups excluding carboxylic acids is 2. The smallest absolute Gasteiger partial charge is 0.338 e. The van der Waals surface area contributed by atoms with Gasteiger partial charge in [0.05, 0.1) is 10.5 Å². The van der Waals surface area contributed by atoms with E-state index in [0.29, 0.717) is 32.2 Å². The maximum absolute atomic E-state index is 12.5. The number of hydrogen-bond donors (Lipinski definition) is 2. The van der Waals surface area contributed by atoms with E-state index in [1.165, 1.54) is 35.5 Å². The van der Waals surface area contributed by atoms with Gasteiger partial charge in [-0.2, -0.15) is 5.10 Å². The van der Waals surface area contributed by atoms with Gasteiger partial charge in [-0.05, 0) is 44.7 Å². The van der Waals surface area contributed by atoms with Crippen LogP contribution in [0.3, 0.4) is 0 Å². The molecule has 2 amide bonds. The van der Waals surface area contributed by atoms with Crippen LogP contribution in [0.25, 0.3) is 5.69 Å². The van der Waals surface area contributed by atoms with Crippen molar-refractivity contribution in [2.75, 3.05) is 6.54 Å². The van der Waals surface area contributed by atoms with Crippen molar-refractivity contribution in [3.05, 3.63) is 46.5 Å². The fourth-order valence-electron chi connectivity index (χ4n) is 3.26. The molecule has 154 valence electrons. The fraction of sp³-hybridized carbons (Fsp3) is 0.444. The summed E-state index contributed by atoms with van der Waals surface area (Å²) in [5.74, 6) is -0.613. The molecule has 11 nitrogen and oxygen atoms in total. The first-order chi connectivity index (χ1) is 14.0. The van der Waals surface area contributed by atoms with E-state index in [2.05, 4.69) is 20.7 Å². The molecule has 0 bridgehead atoms. The Kier molecular flexibility index (Phi) is 6.37. The van der Waals surface area contributed by atoms with Gasteiger partial charge in [-0.1, -0.05) is 0 Å². The normalized spacial score (nSPS) is 18.7. The van der Waals surface area contributed by atoms with Crippen molar-refractivity contribution >= 4 is 17.7 Å². The summed E-state index contributed by atoms with van der Waals surface area (Å²) in [6, 6.07) is 3.93. The molecule has 1 aliphatic rings. The molecule has 11 heteroatoms. The molecule has 1 aromatic carbocycles. The lowest BCUT2D eigenvalue weighted by Gasteiger charge is -2.28. The number of urea groups is 1. The first kappa shape index (κ1) is 20.2. The number of ether oxygens (including phenoxy) is 1. The van der Waals surface area contributed by atoms with Crippen LogP contribution >= 0.6 is 0 Å². The van der Waals surface area contributed by atoms with E-state index in [1.54, 1.807) is 0 Å². The molecule has 0 unspecified atom stereocenters. The summed E-state index contributed by atoms with van der Waals surface area (Å²) in [6.45, 7) is 2.40. The molecule has 0 spiro atoms. The number of aromatic nitrogens is 3. The lowest BCUT2D eigenvalue weighted by Crippen LogP contribution is -2.44. The third-order valence-corrected chi connectivity index (χ3v) is 4.69. The summed E-state index contributed by atoms with van der Waals surface area (Å²) in [5, 5.41) is 20.9. The van der Waals surface area contributed by atoms with Crippen molar-refractivity contribution in [2.45, 2.75) is 44.8 Å². The van der Waals surface area contributed by atoms with E-state index in [-0.39, 0.29) is 35.1 Å². The van der Waals surface area contributed by atoms with E-state index in [4.69, 9.17) is 4.74 Å². The Morgan fingerprint density at radius 1 is 1.31 bits per heavy atom. The highest BCUT2D eigenvalue weighted by atomic mass is 16.6. The maximum Gasteiger partial charge on any atom is 0.338 e. The molecule has 0 radical (unpaired) electrons. The Morgan fingerprint density at radius 2 is 2.07 bits per heavy atom. The summed E-state index contributed by atoms with van der Waals surface area (Å²) in [6.07, 6.45) is 4.94. The van der Waals surface area contributed by atoms with Gasteiger partial charge in [0.2, 0.25) is 0 Å². The van der Waals surface area contributed by atoms with Crippen LogP contribution < -0.4 is 10.6 Å². The van der Waals surface area contributed by atoms with Gasteiger partial charge in [0, 0.05) is 18.7 Å². The zero-order valence-electron chi connectivity index (χ0n) is 15.9. The van der Waals surface area contributed by atoms with E-state index < -0.39 is 10.9 Å². The third-order valence-electron chi connectivity index (χ3n) is 4.69. The van der Waals surface area contributed by atoms with Crippen molar-refractivity contribution in [2.24, 2.45) is 0 Å². The molecule has 1 saturated carbocycles. The second kappa shape index (κ2) is 9.13. The molecule has 29 heavy (non-hydrogen) atoms. The molecule has 2 N–H and O–H groups in total. The predicted octanol–water partition coefficient (Wildman–Crippen LogP) is 1.96. The van der Waals surface area contributed by atoms with Crippen molar-refractivity contribution in [1.82, 2.24) is 25.4 Å². The SMILES string of the molecule is CCNC(=O)NC1CCC(OC(=O)c2ccc(-n3cncn3)c([N+](=O)[O-])c2)CC1. The molecule has 1 aliphatic carbocycles. The molecule has 2 aromatic rings. The first-order valence-electron chi connectivity index (χ1n) is 9.36. The monoisotopic (exact) mass is 402 g/mol. The van der Waals surface area contributed by atoms with Crippen LogP contribution in [0.15, 0.2) is 30.9 Å². The molecule has 0 atom stereocenters. The number of nitro benzene ring substituents is 1. The lowest BCUT2D eigenvalue weighted by molar-refractivity contribution is -0.384. The summed E-state index contributed by atoms with van der Waals surface area (Å²) in [4.78, 5) is 38.7. The molecule has 3 rings (SSSR count). The highest BCUT2D eigenvalue weighted by Crippen LogP contribution is 2.26. The summed E-state index contributed by atoms with van der Waals surface area (Å²) in [7, 11) is 0. The number of rotatable bonds is 6. The van der Waals surface area contributed by atoms with Crippen LogP contribution in [0.4, 0.5) is 10.5 Å². The van der Waals surface area contributed by atoms with Gasteiger partial charge in [-0.15, -0.1) is 0 Å². The van der Waals surface area contributed by atoms with Crippen molar-refractivity contribution in [3.8, 4) is 5.69 Å².